The van der Waals surface area contributed by atoms with Gasteiger partial charge in [-0.2, -0.15) is 0 Å². The molecule has 0 radical (unpaired) electrons. The second-order valence-corrected chi connectivity index (χ2v) is 6.72. The molecule has 0 saturated heterocycles. The maximum absolute atomic E-state index is 12.3. The smallest absolute Gasteiger partial charge is 0.264 e. The van der Waals surface area contributed by atoms with Gasteiger partial charge in [0.15, 0.2) is 5.78 Å². The summed E-state index contributed by atoms with van der Waals surface area (Å²) < 4.78 is 27.0. The minimum Gasteiger partial charge on any atom is -0.295 e. The summed E-state index contributed by atoms with van der Waals surface area (Å²) in [4.78, 5) is 11.0. The van der Waals surface area contributed by atoms with Crippen molar-refractivity contribution < 1.29 is 13.2 Å². The molecule has 0 amide bonds. The van der Waals surface area contributed by atoms with E-state index in [1.807, 2.05) is 0 Å². The highest BCUT2D eigenvalue weighted by Crippen LogP contribution is 2.30. The molecule has 0 aliphatic rings. The van der Waals surface area contributed by atoms with Crippen LogP contribution in [-0.2, 0) is 10.0 Å². The van der Waals surface area contributed by atoms with Crippen LogP contribution in [0.15, 0.2) is 47.4 Å². The number of carbonyl (C=O) groups is 1. The van der Waals surface area contributed by atoms with Gasteiger partial charge in [0.2, 0.25) is 0 Å². The van der Waals surface area contributed by atoms with Gasteiger partial charge in [-0.15, -0.1) is 0 Å². The Bertz CT molecular complexity index is 766. The largest absolute Gasteiger partial charge is 0.295 e. The minimum atomic E-state index is -3.91. The van der Waals surface area contributed by atoms with Crippen LogP contribution in [0, 0.1) is 0 Å². The number of hydrogen-bond donors (Lipinski definition) is 1. The van der Waals surface area contributed by atoms with E-state index < -0.39 is 10.0 Å². The van der Waals surface area contributed by atoms with E-state index in [1.165, 1.54) is 43.3 Å². The third kappa shape index (κ3) is 3.56. The molecule has 2 rings (SSSR count). The molecule has 0 fully saturated rings. The zero-order valence-corrected chi connectivity index (χ0v) is 13.3. The Morgan fingerprint density at radius 3 is 2.00 bits per heavy atom. The van der Waals surface area contributed by atoms with Crippen molar-refractivity contribution in [2.24, 2.45) is 0 Å². The molecule has 0 atom stereocenters. The van der Waals surface area contributed by atoms with E-state index in [0.29, 0.717) is 11.3 Å². The molecule has 110 valence electrons. The van der Waals surface area contributed by atoms with Crippen molar-refractivity contribution >= 4 is 44.7 Å². The van der Waals surface area contributed by atoms with Gasteiger partial charge in [0, 0.05) is 11.3 Å². The topological polar surface area (TPSA) is 63.2 Å². The number of hydrogen-bond acceptors (Lipinski definition) is 3. The van der Waals surface area contributed by atoms with Crippen molar-refractivity contribution in [3.05, 3.63) is 58.1 Å². The summed E-state index contributed by atoms with van der Waals surface area (Å²) in [5.41, 5.74) is 0.810. The Hall–Kier alpha value is -1.56. The fourth-order valence-corrected chi connectivity index (χ4v) is 3.92. The van der Waals surface area contributed by atoms with Crippen molar-refractivity contribution in [1.29, 1.82) is 0 Å². The summed E-state index contributed by atoms with van der Waals surface area (Å²) in [6.07, 6.45) is 0. The molecular weight excluding hydrogens is 333 g/mol. The second kappa shape index (κ2) is 6.05. The predicted molar refractivity (Wildman–Crippen MR) is 83.7 cm³/mol. The highest BCUT2D eigenvalue weighted by atomic mass is 35.5. The summed E-state index contributed by atoms with van der Waals surface area (Å²) in [6.45, 7) is 1.43. The molecule has 0 saturated carbocycles. The maximum atomic E-state index is 12.3. The van der Waals surface area contributed by atoms with Crippen LogP contribution in [0.4, 0.5) is 5.69 Å². The van der Waals surface area contributed by atoms with E-state index >= 15 is 0 Å². The molecule has 21 heavy (non-hydrogen) atoms. The lowest BCUT2D eigenvalue weighted by Crippen LogP contribution is -2.14. The average molecular weight is 344 g/mol. The first kappa shape index (κ1) is 15.8. The number of Topliss-reactive ketones (excluding diaryl/α,β-unsaturated/α-hetero) is 1. The molecular formula is C14H11Cl2NO3S. The Balaban J connectivity index is 2.35. The summed E-state index contributed by atoms with van der Waals surface area (Å²) in [5.74, 6) is -0.0986. The quantitative estimate of drug-likeness (QED) is 0.853. The van der Waals surface area contributed by atoms with Crippen LogP contribution in [-0.4, -0.2) is 14.2 Å². The second-order valence-electron chi connectivity index (χ2n) is 4.29. The number of sulfonamides is 1. The molecule has 0 aliphatic carbocycles. The molecule has 0 heterocycles. The van der Waals surface area contributed by atoms with Gasteiger partial charge in [-0.1, -0.05) is 29.3 Å². The third-order valence-electron chi connectivity index (χ3n) is 2.73. The molecule has 7 heteroatoms. The molecule has 0 aromatic heterocycles. The monoisotopic (exact) mass is 343 g/mol. The van der Waals surface area contributed by atoms with Crippen LogP contribution in [0.25, 0.3) is 0 Å². The molecule has 0 aliphatic heterocycles. The first-order valence-corrected chi connectivity index (χ1v) is 8.13. The fourth-order valence-electron chi connectivity index (χ4n) is 1.72. The zero-order chi connectivity index (χ0) is 15.6. The van der Waals surface area contributed by atoms with E-state index in [1.54, 1.807) is 6.07 Å². The minimum absolute atomic E-state index is 0.0374. The summed E-state index contributed by atoms with van der Waals surface area (Å²) in [5, 5.41) is 0.0747. The van der Waals surface area contributed by atoms with Crippen LogP contribution < -0.4 is 4.72 Å². The summed E-state index contributed by atoms with van der Waals surface area (Å²) >= 11 is 11.8. The van der Waals surface area contributed by atoms with Gasteiger partial charge in [0.05, 0.1) is 10.0 Å². The van der Waals surface area contributed by atoms with Gasteiger partial charge in [-0.25, -0.2) is 8.42 Å². The van der Waals surface area contributed by atoms with Crippen molar-refractivity contribution in [1.82, 2.24) is 0 Å². The Morgan fingerprint density at radius 1 is 1.00 bits per heavy atom. The normalized spacial score (nSPS) is 11.2. The van der Waals surface area contributed by atoms with Gasteiger partial charge in [-0.05, 0) is 43.3 Å². The number of carbonyl (C=O) groups excluding carboxylic acids is 1. The van der Waals surface area contributed by atoms with Gasteiger partial charge < -0.3 is 0 Å². The molecule has 0 bridgehead atoms. The lowest BCUT2D eigenvalue weighted by Gasteiger charge is -2.11. The summed E-state index contributed by atoms with van der Waals surface area (Å²) in [6, 6.07) is 10.5. The van der Waals surface area contributed by atoms with E-state index in [4.69, 9.17) is 23.2 Å². The Labute approximate surface area is 132 Å². The first-order chi connectivity index (χ1) is 9.81. The molecule has 4 nitrogen and oxygen atoms in total. The van der Waals surface area contributed by atoms with Crippen LogP contribution in [0.1, 0.15) is 17.3 Å². The lowest BCUT2D eigenvalue weighted by molar-refractivity contribution is 0.101. The number of nitrogens with one attached hydrogen (secondary N) is 1. The lowest BCUT2D eigenvalue weighted by atomic mass is 10.1. The average Bonchev–Trinajstić information content (AvgIpc) is 2.38. The number of halogens is 2. The molecule has 2 aromatic carbocycles. The van der Waals surface area contributed by atoms with Crippen molar-refractivity contribution in [2.75, 3.05) is 4.72 Å². The summed E-state index contributed by atoms with van der Waals surface area (Å²) in [7, 11) is -3.91. The number of rotatable bonds is 4. The zero-order valence-electron chi connectivity index (χ0n) is 10.9. The molecule has 2 aromatic rings. The van der Waals surface area contributed by atoms with Gasteiger partial charge >= 0.3 is 0 Å². The SMILES string of the molecule is CC(=O)c1ccc(NS(=O)(=O)c2c(Cl)cccc2Cl)cc1. The standard InChI is InChI=1S/C14H11Cl2NO3S/c1-9(18)10-5-7-11(8-6-10)17-21(19,20)14-12(15)3-2-4-13(14)16/h2-8,17H,1H3. The van der Waals surface area contributed by atoms with Gasteiger partial charge in [0.25, 0.3) is 10.0 Å². The van der Waals surface area contributed by atoms with E-state index in [9.17, 15) is 13.2 Å². The number of anilines is 1. The maximum Gasteiger partial charge on any atom is 0.264 e. The van der Waals surface area contributed by atoms with Gasteiger partial charge in [0.1, 0.15) is 4.90 Å². The fraction of sp³-hybridized carbons (Fsp3) is 0.0714. The van der Waals surface area contributed by atoms with Crippen LogP contribution in [0.5, 0.6) is 0 Å². The number of benzene rings is 2. The predicted octanol–water partition coefficient (Wildman–Crippen LogP) is 4.00. The van der Waals surface area contributed by atoms with Gasteiger partial charge in [-0.3, -0.25) is 9.52 Å². The highest BCUT2D eigenvalue weighted by molar-refractivity contribution is 7.93. The van der Waals surface area contributed by atoms with Crippen LogP contribution >= 0.6 is 23.2 Å². The van der Waals surface area contributed by atoms with E-state index in [-0.39, 0.29) is 20.7 Å². The number of ketones is 1. The highest BCUT2D eigenvalue weighted by Gasteiger charge is 2.21. The van der Waals surface area contributed by atoms with E-state index in [2.05, 4.69) is 4.72 Å². The van der Waals surface area contributed by atoms with Crippen molar-refractivity contribution in [2.45, 2.75) is 11.8 Å². The molecule has 1 N–H and O–H groups in total. The first-order valence-electron chi connectivity index (χ1n) is 5.89. The molecule has 0 spiro atoms. The van der Waals surface area contributed by atoms with Crippen LogP contribution in [0.3, 0.4) is 0 Å². The van der Waals surface area contributed by atoms with Crippen molar-refractivity contribution in [3.63, 3.8) is 0 Å². The Morgan fingerprint density at radius 2 is 1.52 bits per heavy atom. The third-order valence-corrected chi connectivity index (χ3v) is 5.07. The molecule has 0 unspecified atom stereocenters. The van der Waals surface area contributed by atoms with Crippen molar-refractivity contribution in [3.8, 4) is 0 Å². The van der Waals surface area contributed by atoms with E-state index in [0.717, 1.165) is 0 Å². The van der Waals surface area contributed by atoms with Crippen LogP contribution in [0.2, 0.25) is 10.0 Å². The Kier molecular flexibility index (Phi) is 4.56.